The lowest BCUT2D eigenvalue weighted by molar-refractivity contribution is -0.120. The number of benzene rings is 2. The van der Waals surface area contributed by atoms with E-state index in [1.165, 1.54) is 14.2 Å². The van der Waals surface area contributed by atoms with Crippen molar-refractivity contribution in [1.29, 1.82) is 0 Å². The van der Waals surface area contributed by atoms with Gasteiger partial charge < -0.3 is 23.8 Å². The van der Waals surface area contributed by atoms with E-state index in [4.69, 9.17) is 13.9 Å². The number of hydrogen-bond acceptors (Lipinski definition) is 6. The van der Waals surface area contributed by atoms with Gasteiger partial charge in [-0.3, -0.25) is 4.79 Å². The molecule has 2 heterocycles. The topological polar surface area (TPSA) is 95.6 Å². The van der Waals surface area contributed by atoms with E-state index in [9.17, 15) is 9.59 Å². The largest absolute Gasteiger partial charge is 0.493 e. The number of carbonyl (C=O) groups excluding carboxylic acids is 1. The molecule has 2 aromatic heterocycles. The Morgan fingerprint density at radius 1 is 1.15 bits per heavy atom. The fourth-order valence-corrected chi connectivity index (χ4v) is 4.09. The van der Waals surface area contributed by atoms with Crippen molar-refractivity contribution in [2.75, 3.05) is 20.8 Å². The maximum atomic E-state index is 12.6. The van der Waals surface area contributed by atoms with E-state index >= 15 is 0 Å². The summed E-state index contributed by atoms with van der Waals surface area (Å²) in [4.78, 5) is 29.8. The predicted molar refractivity (Wildman–Crippen MR) is 126 cm³/mol. The number of carbonyl (C=O) groups is 1. The summed E-state index contributed by atoms with van der Waals surface area (Å²) in [5.41, 5.74) is 2.84. The van der Waals surface area contributed by atoms with Gasteiger partial charge in [-0.1, -0.05) is 12.1 Å². The molecule has 0 aliphatic heterocycles. The number of imidazole rings is 1. The van der Waals surface area contributed by atoms with E-state index in [1.807, 2.05) is 31.3 Å². The third kappa shape index (κ3) is 4.28. The van der Waals surface area contributed by atoms with E-state index < -0.39 is 5.63 Å². The van der Waals surface area contributed by atoms with Crippen molar-refractivity contribution in [3.8, 4) is 11.5 Å². The highest BCUT2D eigenvalue weighted by atomic mass is 16.5. The first kappa shape index (κ1) is 22.4. The van der Waals surface area contributed by atoms with Crippen LogP contribution in [-0.2, 0) is 24.7 Å². The maximum Gasteiger partial charge on any atom is 0.340 e. The summed E-state index contributed by atoms with van der Waals surface area (Å²) in [5, 5.41) is 3.60. The molecule has 4 rings (SSSR count). The molecule has 8 heteroatoms. The van der Waals surface area contributed by atoms with Gasteiger partial charge in [-0.15, -0.1) is 0 Å². The van der Waals surface area contributed by atoms with Crippen LogP contribution >= 0.6 is 0 Å². The van der Waals surface area contributed by atoms with Gasteiger partial charge in [0.2, 0.25) is 11.7 Å². The van der Waals surface area contributed by atoms with E-state index in [0.29, 0.717) is 40.1 Å². The minimum absolute atomic E-state index is 0.0509. The molecule has 8 nitrogen and oxygen atoms in total. The van der Waals surface area contributed by atoms with Crippen molar-refractivity contribution in [2.45, 2.75) is 26.2 Å². The number of methoxy groups -OCH3 is 2. The molecule has 0 atom stereocenters. The Morgan fingerprint density at radius 3 is 2.67 bits per heavy atom. The Balaban J connectivity index is 1.42. The van der Waals surface area contributed by atoms with E-state index in [-0.39, 0.29) is 12.3 Å². The van der Waals surface area contributed by atoms with Crippen LogP contribution in [0.3, 0.4) is 0 Å². The smallest absolute Gasteiger partial charge is 0.340 e. The number of amides is 1. The molecule has 0 spiro atoms. The molecule has 0 aliphatic carbocycles. The van der Waals surface area contributed by atoms with Crippen LogP contribution in [0, 0.1) is 6.92 Å². The SMILES string of the molecule is COc1ccc2c(C)c(CC(=O)NCCCc3nc4ccccc4n3C)c(=O)oc2c1OC. The molecule has 0 bridgehead atoms. The number of ether oxygens (including phenoxy) is 2. The van der Waals surface area contributed by atoms with Crippen LogP contribution in [0.1, 0.15) is 23.4 Å². The second-order valence-electron chi connectivity index (χ2n) is 7.88. The summed E-state index contributed by atoms with van der Waals surface area (Å²) in [5.74, 6) is 1.57. The van der Waals surface area contributed by atoms with Gasteiger partial charge in [-0.2, -0.15) is 0 Å². The number of rotatable bonds is 8. The lowest BCUT2D eigenvalue weighted by Crippen LogP contribution is -2.29. The van der Waals surface area contributed by atoms with Gasteiger partial charge in [0.1, 0.15) is 5.82 Å². The number of nitrogens with one attached hydrogen (secondary N) is 1. The zero-order chi connectivity index (χ0) is 23.5. The van der Waals surface area contributed by atoms with Crippen LogP contribution in [0.2, 0.25) is 0 Å². The molecule has 1 amide bonds. The van der Waals surface area contributed by atoms with Crippen molar-refractivity contribution >= 4 is 27.9 Å². The van der Waals surface area contributed by atoms with Crippen LogP contribution in [0.25, 0.3) is 22.0 Å². The first-order valence-electron chi connectivity index (χ1n) is 10.8. The van der Waals surface area contributed by atoms with Crippen LogP contribution in [0.4, 0.5) is 0 Å². The van der Waals surface area contributed by atoms with Crippen LogP contribution < -0.4 is 20.4 Å². The molecule has 0 unspecified atom stereocenters. The molecule has 0 saturated heterocycles. The minimum Gasteiger partial charge on any atom is -0.493 e. The van der Waals surface area contributed by atoms with Gasteiger partial charge >= 0.3 is 5.63 Å². The molecule has 172 valence electrons. The molecule has 33 heavy (non-hydrogen) atoms. The fourth-order valence-electron chi connectivity index (χ4n) is 4.09. The summed E-state index contributed by atoms with van der Waals surface area (Å²) >= 11 is 0. The highest BCUT2D eigenvalue weighted by Gasteiger charge is 2.19. The van der Waals surface area contributed by atoms with Crippen molar-refractivity contribution in [1.82, 2.24) is 14.9 Å². The molecule has 0 saturated carbocycles. The molecule has 2 aromatic carbocycles. The highest BCUT2D eigenvalue weighted by Crippen LogP contribution is 2.36. The Hall–Kier alpha value is -3.81. The van der Waals surface area contributed by atoms with E-state index in [1.54, 1.807) is 19.1 Å². The van der Waals surface area contributed by atoms with Crippen molar-refractivity contribution in [3.63, 3.8) is 0 Å². The third-order valence-electron chi connectivity index (χ3n) is 5.91. The van der Waals surface area contributed by atoms with Crippen LogP contribution in [-0.4, -0.2) is 36.2 Å². The number of fused-ring (bicyclic) bond motifs is 2. The summed E-state index contributed by atoms with van der Waals surface area (Å²) in [6.45, 7) is 2.30. The standard InChI is InChI=1S/C25H27N3O5/c1-15-16-11-12-20(31-3)24(32-4)23(16)33-25(30)17(15)14-22(29)26-13-7-10-21-27-18-8-5-6-9-19(18)28(21)2/h5-6,8-9,11-12H,7,10,13-14H2,1-4H3,(H,26,29). The number of para-hydroxylation sites is 2. The molecule has 0 radical (unpaired) electrons. The van der Waals surface area contributed by atoms with Gasteiger partial charge in [-0.25, -0.2) is 9.78 Å². The second kappa shape index (κ2) is 9.36. The summed E-state index contributed by atoms with van der Waals surface area (Å²) in [6, 6.07) is 11.5. The molecule has 4 aromatic rings. The van der Waals surface area contributed by atoms with Gasteiger partial charge in [0.25, 0.3) is 0 Å². The van der Waals surface area contributed by atoms with Crippen molar-refractivity contribution in [2.24, 2.45) is 7.05 Å². The lowest BCUT2D eigenvalue weighted by Gasteiger charge is -2.13. The van der Waals surface area contributed by atoms with Crippen molar-refractivity contribution in [3.05, 3.63) is 63.8 Å². The molecule has 0 aliphatic rings. The van der Waals surface area contributed by atoms with E-state index in [0.717, 1.165) is 29.7 Å². The second-order valence-corrected chi connectivity index (χ2v) is 7.88. The van der Waals surface area contributed by atoms with E-state index in [2.05, 4.69) is 14.9 Å². The number of aryl methyl sites for hydroxylation is 3. The number of hydrogen-bond donors (Lipinski definition) is 1. The summed E-state index contributed by atoms with van der Waals surface area (Å²) < 4.78 is 18.2. The lowest BCUT2D eigenvalue weighted by atomic mass is 10.0. The van der Waals surface area contributed by atoms with Gasteiger partial charge in [-0.05, 0) is 43.2 Å². The quantitative estimate of drug-likeness (QED) is 0.328. The van der Waals surface area contributed by atoms with Gasteiger partial charge in [0, 0.05) is 25.4 Å². The maximum absolute atomic E-state index is 12.6. The average molecular weight is 450 g/mol. The first-order chi connectivity index (χ1) is 15.9. The van der Waals surface area contributed by atoms with Gasteiger partial charge in [0.05, 0.1) is 37.2 Å². The molecule has 1 N–H and O–H groups in total. The monoisotopic (exact) mass is 449 g/mol. The number of nitrogens with zero attached hydrogens (tertiary/aromatic N) is 2. The zero-order valence-corrected chi connectivity index (χ0v) is 19.2. The summed E-state index contributed by atoms with van der Waals surface area (Å²) in [7, 11) is 5.00. The average Bonchev–Trinajstić information content (AvgIpc) is 3.14. The Kier molecular flexibility index (Phi) is 6.35. The summed E-state index contributed by atoms with van der Waals surface area (Å²) in [6.07, 6.45) is 1.43. The Bertz CT molecular complexity index is 1390. The normalized spacial score (nSPS) is 11.2. The Labute approximate surface area is 191 Å². The van der Waals surface area contributed by atoms with Crippen molar-refractivity contribution < 1.29 is 18.7 Å². The zero-order valence-electron chi connectivity index (χ0n) is 19.2. The fraction of sp³-hybridized carbons (Fsp3) is 0.320. The molecular formula is C25H27N3O5. The van der Waals surface area contributed by atoms with Crippen LogP contribution in [0.15, 0.2) is 45.6 Å². The third-order valence-corrected chi connectivity index (χ3v) is 5.91. The van der Waals surface area contributed by atoms with Crippen LogP contribution in [0.5, 0.6) is 11.5 Å². The highest BCUT2D eigenvalue weighted by molar-refractivity contribution is 5.89. The number of aromatic nitrogens is 2. The van der Waals surface area contributed by atoms with Gasteiger partial charge in [0.15, 0.2) is 11.3 Å². The molecular weight excluding hydrogens is 422 g/mol. The Morgan fingerprint density at radius 2 is 1.94 bits per heavy atom. The first-order valence-corrected chi connectivity index (χ1v) is 10.8. The molecule has 0 fully saturated rings. The minimum atomic E-state index is -0.554. The predicted octanol–water partition coefficient (Wildman–Crippen LogP) is 3.30.